The molecule has 0 aromatic heterocycles. The van der Waals surface area contributed by atoms with Gasteiger partial charge in [-0.05, 0) is 37.6 Å². The maximum absolute atomic E-state index is 10.6. The Kier molecular flexibility index (Phi) is 19.8. The van der Waals surface area contributed by atoms with Crippen molar-refractivity contribution in [1.29, 1.82) is 0 Å². The van der Waals surface area contributed by atoms with Crippen LogP contribution in [0.15, 0.2) is 18.2 Å². The number of aromatic carboxylic acids is 2. The van der Waals surface area contributed by atoms with E-state index < -0.39 is 11.9 Å². The van der Waals surface area contributed by atoms with Crippen molar-refractivity contribution in [3.63, 3.8) is 0 Å². The Morgan fingerprint density at radius 3 is 1.25 bits per heavy atom. The molecule has 5 nitrogen and oxygen atoms in total. The van der Waals surface area contributed by atoms with E-state index >= 15 is 0 Å². The van der Waals surface area contributed by atoms with Gasteiger partial charge in [0.05, 0.1) is 11.1 Å². The van der Waals surface area contributed by atoms with Crippen molar-refractivity contribution in [2.45, 2.75) is 117 Å². The second-order valence-electron chi connectivity index (χ2n) is 8.68. The zero-order valence-electron chi connectivity index (χ0n) is 20.5. The van der Waals surface area contributed by atoms with Gasteiger partial charge in [0, 0.05) is 0 Å². The third-order valence-electron chi connectivity index (χ3n) is 5.85. The first-order chi connectivity index (χ1) is 15.5. The Bertz CT molecular complexity index is 567. The number of carboxylic acids is 2. The fourth-order valence-electron chi connectivity index (χ4n) is 3.79. The van der Waals surface area contributed by atoms with Crippen molar-refractivity contribution in [2.75, 3.05) is 6.54 Å². The minimum atomic E-state index is -1.11. The van der Waals surface area contributed by atoms with E-state index in [4.69, 9.17) is 15.9 Å². The molecule has 0 bridgehead atoms. The van der Waals surface area contributed by atoms with Gasteiger partial charge in [-0.15, -0.1) is 0 Å². The molecule has 0 aliphatic heterocycles. The first-order valence-electron chi connectivity index (χ1n) is 12.7. The average molecular weight is 450 g/mol. The largest absolute Gasteiger partial charge is 0.478 e. The number of benzene rings is 1. The number of hydrogen-bond donors (Lipinski definition) is 3. The molecule has 32 heavy (non-hydrogen) atoms. The summed E-state index contributed by atoms with van der Waals surface area (Å²) in [7, 11) is 0. The first kappa shape index (κ1) is 30.1. The maximum Gasteiger partial charge on any atom is 0.335 e. The van der Waals surface area contributed by atoms with Crippen molar-refractivity contribution in [3.05, 3.63) is 34.9 Å². The second-order valence-corrected chi connectivity index (χ2v) is 8.68. The molecule has 0 saturated carbocycles. The van der Waals surface area contributed by atoms with Crippen molar-refractivity contribution >= 4 is 11.9 Å². The summed E-state index contributed by atoms with van der Waals surface area (Å²) < 4.78 is 0. The Balaban J connectivity index is 0.000000641. The van der Waals surface area contributed by atoms with Crippen LogP contribution < -0.4 is 5.73 Å². The van der Waals surface area contributed by atoms with E-state index in [0.717, 1.165) is 6.54 Å². The number of unbranched alkanes of at least 4 members (excludes halogenated alkanes) is 15. The van der Waals surface area contributed by atoms with Gasteiger partial charge in [0.2, 0.25) is 0 Å². The van der Waals surface area contributed by atoms with E-state index in [0.29, 0.717) is 0 Å². The zero-order chi connectivity index (χ0) is 24.0. The van der Waals surface area contributed by atoms with Crippen molar-refractivity contribution in [3.8, 4) is 0 Å². The highest BCUT2D eigenvalue weighted by Crippen LogP contribution is 2.14. The average Bonchev–Trinajstić information content (AvgIpc) is 2.76. The summed E-state index contributed by atoms with van der Waals surface area (Å²) in [6, 6.07) is 4.17. The molecule has 0 aliphatic rings. The number of carbonyl (C=O) groups is 2. The minimum absolute atomic E-state index is 0.0277. The lowest BCUT2D eigenvalue weighted by Gasteiger charge is -2.03. The van der Waals surface area contributed by atoms with E-state index in [9.17, 15) is 9.59 Å². The van der Waals surface area contributed by atoms with Gasteiger partial charge < -0.3 is 15.9 Å². The standard InChI is InChI=1S/C18H39N.C9H8O4/c1-2-3-4-5-6-7-8-9-10-11-12-13-14-15-16-17-18-19;1-5-6(8(10)11)3-2-4-7(5)9(12)13/h2-19H2,1H3;2-4H,1H3,(H,10,11)(H,12,13). The highest BCUT2D eigenvalue weighted by Gasteiger charge is 2.13. The number of rotatable bonds is 18. The molecule has 0 atom stereocenters. The van der Waals surface area contributed by atoms with E-state index in [2.05, 4.69) is 6.92 Å². The van der Waals surface area contributed by atoms with Crippen LogP contribution in [0.4, 0.5) is 0 Å². The fourth-order valence-corrected chi connectivity index (χ4v) is 3.79. The third-order valence-corrected chi connectivity index (χ3v) is 5.85. The first-order valence-corrected chi connectivity index (χ1v) is 12.7. The van der Waals surface area contributed by atoms with Crippen LogP contribution in [0.2, 0.25) is 0 Å². The summed E-state index contributed by atoms with van der Waals surface area (Å²) in [6.07, 6.45) is 22.9. The predicted molar refractivity (Wildman–Crippen MR) is 134 cm³/mol. The van der Waals surface area contributed by atoms with Gasteiger partial charge in [-0.1, -0.05) is 109 Å². The molecule has 5 heteroatoms. The molecule has 0 radical (unpaired) electrons. The summed E-state index contributed by atoms with van der Waals surface area (Å²) in [5.41, 5.74) is 5.82. The summed E-state index contributed by atoms with van der Waals surface area (Å²) in [6.45, 7) is 4.64. The van der Waals surface area contributed by atoms with E-state index in [1.165, 1.54) is 128 Å². The Morgan fingerprint density at radius 1 is 0.656 bits per heavy atom. The molecule has 0 fully saturated rings. The fraction of sp³-hybridized carbons (Fsp3) is 0.704. The summed E-state index contributed by atoms with van der Waals surface area (Å²) >= 11 is 0. The highest BCUT2D eigenvalue weighted by atomic mass is 16.4. The van der Waals surface area contributed by atoms with Crippen LogP contribution in [0.5, 0.6) is 0 Å². The molecule has 0 spiro atoms. The number of nitrogens with two attached hydrogens (primary N) is 1. The van der Waals surface area contributed by atoms with E-state index in [1.807, 2.05) is 0 Å². The van der Waals surface area contributed by atoms with Crippen LogP contribution in [0.3, 0.4) is 0 Å². The van der Waals surface area contributed by atoms with Crippen LogP contribution in [-0.4, -0.2) is 28.7 Å². The lowest BCUT2D eigenvalue weighted by Crippen LogP contribution is -2.06. The molecule has 1 aromatic rings. The summed E-state index contributed by atoms with van der Waals surface area (Å²) in [5, 5.41) is 17.4. The maximum atomic E-state index is 10.6. The van der Waals surface area contributed by atoms with Crippen LogP contribution in [0.1, 0.15) is 136 Å². The molecule has 0 unspecified atom stereocenters. The molecule has 4 N–H and O–H groups in total. The molecule has 0 heterocycles. The van der Waals surface area contributed by atoms with Gasteiger partial charge in [0.1, 0.15) is 0 Å². The van der Waals surface area contributed by atoms with Gasteiger partial charge in [0.15, 0.2) is 0 Å². The van der Waals surface area contributed by atoms with Gasteiger partial charge in [0.25, 0.3) is 0 Å². The Labute approximate surface area is 195 Å². The Morgan fingerprint density at radius 2 is 0.969 bits per heavy atom. The lowest BCUT2D eigenvalue weighted by atomic mass is 10.0. The molecule has 1 rings (SSSR count). The SMILES string of the molecule is CCCCCCCCCCCCCCCCCCN.Cc1c(C(=O)O)cccc1C(=O)O. The van der Waals surface area contributed by atoms with E-state index in [1.54, 1.807) is 0 Å². The Hall–Kier alpha value is -1.88. The predicted octanol–water partition coefficient (Wildman–Crippen LogP) is 7.60. The van der Waals surface area contributed by atoms with Crippen LogP contribution >= 0.6 is 0 Å². The molecule has 0 amide bonds. The van der Waals surface area contributed by atoms with Crippen LogP contribution in [-0.2, 0) is 0 Å². The number of carboxylic acid groups (broad SMARTS) is 2. The molecule has 0 saturated heterocycles. The quantitative estimate of drug-likeness (QED) is 0.200. The van der Waals surface area contributed by atoms with Crippen molar-refractivity contribution in [2.24, 2.45) is 5.73 Å². The van der Waals surface area contributed by atoms with Gasteiger partial charge in [-0.2, -0.15) is 0 Å². The monoisotopic (exact) mass is 449 g/mol. The molecule has 184 valence electrons. The highest BCUT2D eigenvalue weighted by molar-refractivity contribution is 5.96. The van der Waals surface area contributed by atoms with Crippen molar-refractivity contribution in [1.82, 2.24) is 0 Å². The molecular formula is C27H47NO4. The van der Waals surface area contributed by atoms with Gasteiger partial charge in [-0.25, -0.2) is 9.59 Å². The van der Waals surface area contributed by atoms with Crippen LogP contribution in [0.25, 0.3) is 0 Å². The number of hydrogen-bond acceptors (Lipinski definition) is 3. The smallest absolute Gasteiger partial charge is 0.335 e. The van der Waals surface area contributed by atoms with Crippen LogP contribution in [0, 0.1) is 6.92 Å². The van der Waals surface area contributed by atoms with Gasteiger partial charge >= 0.3 is 11.9 Å². The lowest BCUT2D eigenvalue weighted by molar-refractivity contribution is 0.0696. The third kappa shape index (κ3) is 15.9. The van der Waals surface area contributed by atoms with Gasteiger partial charge in [-0.3, -0.25) is 0 Å². The minimum Gasteiger partial charge on any atom is -0.478 e. The molecular weight excluding hydrogens is 402 g/mol. The molecule has 1 aromatic carbocycles. The normalized spacial score (nSPS) is 10.5. The second kappa shape index (κ2) is 21.0. The summed E-state index contributed by atoms with van der Waals surface area (Å²) in [5.74, 6) is -2.22. The summed E-state index contributed by atoms with van der Waals surface area (Å²) in [4.78, 5) is 21.2. The zero-order valence-corrected chi connectivity index (χ0v) is 20.5. The molecule has 0 aliphatic carbocycles. The van der Waals surface area contributed by atoms with E-state index in [-0.39, 0.29) is 16.7 Å². The topological polar surface area (TPSA) is 101 Å². The van der Waals surface area contributed by atoms with Crippen molar-refractivity contribution < 1.29 is 19.8 Å².